The van der Waals surface area contributed by atoms with Gasteiger partial charge in [0.25, 0.3) is 0 Å². The van der Waals surface area contributed by atoms with Gasteiger partial charge in [0.2, 0.25) is 5.91 Å². The maximum absolute atomic E-state index is 11.4. The molecule has 0 heterocycles. The number of rotatable bonds is 2. The Hall–Kier alpha value is -2.26. The third-order valence-corrected chi connectivity index (χ3v) is 1.88. The lowest BCUT2D eigenvalue weighted by molar-refractivity contribution is -0.117. The maximum atomic E-state index is 11.4. The van der Waals surface area contributed by atoms with Gasteiger partial charge in [-0.05, 0) is 25.1 Å². The number of benzene rings is 1. The van der Waals surface area contributed by atoms with Crippen molar-refractivity contribution in [3.63, 3.8) is 0 Å². The Morgan fingerprint density at radius 3 is 2.93 bits per heavy atom. The lowest BCUT2D eigenvalue weighted by atomic mass is 10.1. The van der Waals surface area contributed by atoms with Crippen LogP contribution in [-0.2, 0) is 4.79 Å². The predicted octanol–water partition coefficient (Wildman–Crippen LogP) is 1.77. The molecule has 0 aliphatic heterocycles. The molecule has 1 amide bonds. The van der Waals surface area contributed by atoms with Gasteiger partial charge in [0.1, 0.15) is 5.92 Å². The number of nitrogens with one attached hydrogen (secondary N) is 1. The van der Waals surface area contributed by atoms with Crippen molar-refractivity contribution in [1.82, 2.24) is 0 Å². The monoisotopic (exact) mass is 198 g/mol. The first-order chi connectivity index (χ1) is 7.17. The van der Waals surface area contributed by atoms with E-state index < -0.39 is 5.92 Å². The second kappa shape index (κ2) is 4.83. The van der Waals surface area contributed by atoms with Crippen LogP contribution in [0.15, 0.2) is 24.3 Å². The van der Waals surface area contributed by atoms with Crippen LogP contribution in [0.25, 0.3) is 0 Å². The second-order valence-corrected chi connectivity index (χ2v) is 3.07. The van der Waals surface area contributed by atoms with Gasteiger partial charge in [0.15, 0.2) is 0 Å². The normalized spacial score (nSPS) is 10.9. The zero-order valence-electron chi connectivity index (χ0n) is 8.32. The van der Waals surface area contributed by atoms with E-state index in [9.17, 15) is 4.79 Å². The van der Waals surface area contributed by atoms with E-state index in [-0.39, 0.29) is 5.91 Å². The lowest BCUT2D eigenvalue weighted by Gasteiger charge is -2.06. The van der Waals surface area contributed by atoms with Crippen molar-refractivity contribution in [3.05, 3.63) is 29.8 Å². The summed E-state index contributed by atoms with van der Waals surface area (Å²) in [6.07, 6.45) is 5.22. The topological polar surface area (TPSA) is 52.9 Å². The second-order valence-electron chi connectivity index (χ2n) is 3.07. The highest BCUT2D eigenvalue weighted by Crippen LogP contribution is 2.10. The molecular formula is C12H10N2O. The van der Waals surface area contributed by atoms with Gasteiger partial charge in [0, 0.05) is 11.3 Å². The van der Waals surface area contributed by atoms with E-state index in [4.69, 9.17) is 11.7 Å². The van der Waals surface area contributed by atoms with Crippen molar-refractivity contribution in [2.24, 2.45) is 5.92 Å². The van der Waals surface area contributed by atoms with Crippen LogP contribution in [0.3, 0.4) is 0 Å². The van der Waals surface area contributed by atoms with E-state index in [0.29, 0.717) is 11.3 Å². The van der Waals surface area contributed by atoms with Crippen LogP contribution in [0.1, 0.15) is 12.5 Å². The number of carbonyl (C=O) groups is 1. The fourth-order valence-corrected chi connectivity index (χ4v) is 0.996. The van der Waals surface area contributed by atoms with Crippen molar-refractivity contribution in [1.29, 1.82) is 5.26 Å². The molecule has 74 valence electrons. The quantitative estimate of drug-likeness (QED) is 0.736. The third-order valence-electron chi connectivity index (χ3n) is 1.88. The Labute approximate surface area is 88.7 Å². The molecule has 15 heavy (non-hydrogen) atoms. The number of hydrogen-bond donors (Lipinski definition) is 1. The van der Waals surface area contributed by atoms with Gasteiger partial charge in [-0.25, -0.2) is 0 Å². The van der Waals surface area contributed by atoms with Crippen LogP contribution in [-0.4, -0.2) is 5.91 Å². The molecule has 0 bridgehead atoms. The summed E-state index contributed by atoms with van der Waals surface area (Å²) in [5, 5.41) is 11.2. The molecule has 3 nitrogen and oxygen atoms in total. The summed E-state index contributed by atoms with van der Waals surface area (Å²) in [4.78, 5) is 11.4. The summed E-state index contributed by atoms with van der Waals surface area (Å²) in [5.74, 6) is 1.47. The highest BCUT2D eigenvalue weighted by Gasteiger charge is 2.11. The fourth-order valence-electron chi connectivity index (χ4n) is 0.996. The van der Waals surface area contributed by atoms with Crippen molar-refractivity contribution >= 4 is 11.6 Å². The Balaban J connectivity index is 2.79. The number of anilines is 1. The number of terminal acetylenes is 1. The van der Waals surface area contributed by atoms with E-state index in [1.54, 1.807) is 31.2 Å². The first-order valence-electron chi connectivity index (χ1n) is 4.44. The Morgan fingerprint density at radius 1 is 1.60 bits per heavy atom. The van der Waals surface area contributed by atoms with Crippen LogP contribution < -0.4 is 5.32 Å². The van der Waals surface area contributed by atoms with E-state index in [1.807, 2.05) is 6.07 Å². The van der Waals surface area contributed by atoms with Crippen LogP contribution in [0.2, 0.25) is 0 Å². The predicted molar refractivity (Wildman–Crippen MR) is 57.8 cm³/mol. The highest BCUT2D eigenvalue weighted by atomic mass is 16.1. The minimum atomic E-state index is -0.667. The molecule has 1 aromatic carbocycles. The number of amides is 1. The first kappa shape index (κ1) is 10.8. The summed E-state index contributed by atoms with van der Waals surface area (Å²) < 4.78 is 0. The zero-order chi connectivity index (χ0) is 11.3. The minimum Gasteiger partial charge on any atom is -0.325 e. The Bertz CT molecular complexity index is 451. The average molecular weight is 198 g/mol. The van der Waals surface area contributed by atoms with E-state index >= 15 is 0 Å². The average Bonchev–Trinajstić information content (AvgIpc) is 2.28. The summed E-state index contributed by atoms with van der Waals surface area (Å²) in [6, 6.07) is 8.79. The van der Waals surface area contributed by atoms with Gasteiger partial charge < -0.3 is 5.32 Å². The molecule has 0 spiro atoms. The molecule has 0 radical (unpaired) electrons. The van der Waals surface area contributed by atoms with Crippen LogP contribution >= 0.6 is 0 Å². The first-order valence-corrected chi connectivity index (χ1v) is 4.44. The van der Waals surface area contributed by atoms with Gasteiger partial charge in [-0.1, -0.05) is 12.0 Å². The fraction of sp³-hybridized carbons (Fsp3) is 0.167. The molecular weight excluding hydrogens is 188 g/mol. The number of nitrogens with zero attached hydrogens (tertiary/aromatic N) is 1. The standard InChI is InChI=1S/C12H10N2O/c1-3-10-5-4-6-11(7-10)14-12(15)9(2)8-13/h1,4-7,9H,2H3,(H,14,15). The van der Waals surface area contributed by atoms with Gasteiger partial charge in [-0.15, -0.1) is 6.42 Å². The molecule has 1 atom stereocenters. The molecule has 1 aromatic rings. The van der Waals surface area contributed by atoms with Gasteiger partial charge in [-0.3, -0.25) is 4.79 Å². The van der Waals surface area contributed by atoms with Crippen LogP contribution in [0.5, 0.6) is 0 Å². The van der Waals surface area contributed by atoms with Crippen molar-refractivity contribution in [2.75, 3.05) is 5.32 Å². The number of hydrogen-bond acceptors (Lipinski definition) is 2. The molecule has 0 saturated heterocycles. The Morgan fingerprint density at radius 2 is 2.33 bits per heavy atom. The molecule has 0 fully saturated rings. The van der Waals surface area contributed by atoms with Crippen molar-refractivity contribution in [2.45, 2.75) is 6.92 Å². The molecule has 0 aliphatic rings. The smallest absolute Gasteiger partial charge is 0.241 e. The number of carbonyl (C=O) groups excluding carboxylic acids is 1. The SMILES string of the molecule is C#Cc1cccc(NC(=O)C(C)C#N)c1. The summed E-state index contributed by atoms with van der Waals surface area (Å²) in [6.45, 7) is 1.54. The maximum Gasteiger partial charge on any atom is 0.241 e. The van der Waals surface area contributed by atoms with E-state index in [1.165, 1.54) is 0 Å². The Kier molecular flexibility index (Phi) is 3.49. The molecule has 0 aromatic heterocycles. The largest absolute Gasteiger partial charge is 0.325 e. The highest BCUT2D eigenvalue weighted by molar-refractivity contribution is 5.93. The third kappa shape index (κ3) is 2.86. The van der Waals surface area contributed by atoms with Gasteiger partial charge in [-0.2, -0.15) is 5.26 Å². The van der Waals surface area contributed by atoms with Crippen molar-refractivity contribution in [3.8, 4) is 18.4 Å². The van der Waals surface area contributed by atoms with Gasteiger partial charge >= 0.3 is 0 Å². The van der Waals surface area contributed by atoms with E-state index in [0.717, 1.165) is 0 Å². The van der Waals surface area contributed by atoms with Crippen LogP contribution in [0.4, 0.5) is 5.69 Å². The lowest BCUT2D eigenvalue weighted by Crippen LogP contribution is -2.18. The summed E-state index contributed by atoms with van der Waals surface area (Å²) in [7, 11) is 0. The molecule has 1 unspecified atom stereocenters. The van der Waals surface area contributed by atoms with Crippen molar-refractivity contribution < 1.29 is 4.79 Å². The molecule has 1 N–H and O–H groups in total. The molecule has 3 heteroatoms. The van der Waals surface area contributed by atoms with E-state index in [2.05, 4.69) is 11.2 Å². The molecule has 0 saturated carbocycles. The zero-order valence-corrected chi connectivity index (χ0v) is 8.32. The molecule has 0 aliphatic carbocycles. The summed E-state index contributed by atoms with van der Waals surface area (Å²) >= 11 is 0. The minimum absolute atomic E-state index is 0.327. The van der Waals surface area contributed by atoms with Crippen LogP contribution in [0, 0.1) is 29.6 Å². The summed E-state index contributed by atoms with van der Waals surface area (Å²) in [5.41, 5.74) is 1.30. The van der Waals surface area contributed by atoms with Gasteiger partial charge in [0.05, 0.1) is 6.07 Å². The number of nitriles is 1. The molecule has 1 rings (SSSR count).